The van der Waals surface area contributed by atoms with Crippen molar-refractivity contribution in [3.63, 3.8) is 0 Å². The maximum absolute atomic E-state index is 12.3. The Morgan fingerprint density at radius 3 is 2.45 bits per heavy atom. The molecule has 0 fully saturated rings. The van der Waals surface area contributed by atoms with E-state index in [4.69, 9.17) is 4.74 Å². The second-order valence-electron chi connectivity index (χ2n) is 7.73. The van der Waals surface area contributed by atoms with Crippen molar-refractivity contribution in [1.29, 1.82) is 0 Å². The number of aromatic nitrogens is 3. The van der Waals surface area contributed by atoms with Gasteiger partial charge in [-0.15, -0.1) is 10.2 Å². The zero-order valence-electron chi connectivity index (χ0n) is 17.4. The molecule has 152 valence electrons. The van der Waals surface area contributed by atoms with Crippen molar-refractivity contribution in [2.24, 2.45) is 7.05 Å². The van der Waals surface area contributed by atoms with Crippen LogP contribution in [0.3, 0.4) is 0 Å². The van der Waals surface area contributed by atoms with Gasteiger partial charge < -0.3 is 14.6 Å². The van der Waals surface area contributed by atoms with E-state index in [2.05, 4.69) is 36.3 Å². The molecular formula is C22H26N4O2S. The van der Waals surface area contributed by atoms with Crippen LogP contribution < -0.4 is 10.1 Å². The quantitative estimate of drug-likeness (QED) is 0.605. The summed E-state index contributed by atoms with van der Waals surface area (Å²) in [6, 6.07) is 15.6. The van der Waals surface area contributed by atoms with E-state index in [1.165, 1.54) is 17.3 Å². The van der Waals surface area contributed by atoms with Crippen LogP contribution in [0.1, 0.15) is 26.3 Å². The molecule has 0 aliphatic rings. The molecule has 0 aliphatic heterocycles. The number of benzene rings is 2. The van der Waals surface area contributed by atoms with Crippen molar-refractivity contribution in [3.05, 3.63) is 54.1 Å². The van der Waals surface area contributed by atoms with E-state index in [0.29, 0.717) is 11.0 Å². The average molecular weight is 411 g/mol. The normalized spacial score (nSPS) is 11.3. The molecule has 29 heavy (non-hydrogen) atoms. The summed E-state index contributed by atoms with van der Waals surface area (Å²) in [5, 5.41) is 12.1. The Balaban J connectivity index is 1.63. The molecule has 6 nitrogen and oxygen atoms in total. The number of ether oxygens (including phenoxy) is 1. The third-order valence-electron chi connectivity index (χ3n) is 4.55. The van der Waals surface area contributed by atoms with Crippen LogP contribution >= 0.6 is 11.8 Å². The molecule has 3 aromatic rings. The van der Waals surface area contributed by atoms with Gasteiger partial charge in [-0.05, 0) is 35.2 Å². The van der Waals surface area contributed by atoms with Crippen LogP contribution in [0.25, 0.3) is 11.4 Å². The first-order valence-corrected chi connectivity index (χ1v) is 10.3. The summed E-state index contributed by atoms with van der Waals surface area (Å²) in [5.41, 5.74) is 2.97. The fraction of sp³-hybridized carbons (Fsp3) is 0.318. The first-order chi connectivity index (χ1) is 13.8. The number of hydrogen-bond donors (Lipinski definition) is 1. The lowest BCUT2D eigenvalue weighted by Gasteiger charge is -2.19. The van der Waals surface area contributed by atoms with Gasteiger partial charge in [-0.3, -0.25) is 4.79 Å². The standard InChI is InChI=1S/C22H26N4O2S/c1-22(2,3)15-10-12-16(13-11-15)23-19(27)14-29-21-25-24-20(26(21)4)17-8-6-7-9-18(17)28-5/h6-13H,14H2,1-5H3,(H,23,27). The summed E-state index contributed by atoms with van der Waals surface area (Å²) in [6.07, 6.45) is 0. The highest BCUT2D eigenvalue weighted by Gasteiger charge is 2.16. The molecule has 1 N–H and O–H groups in total. The fourth-order valence-corrected chi connectivity index (χ4v) is 3.60. The van der Waals surface area contributed by atoms with Gasteiger partial charge in [0, 0.05) is 12.7 Å². The van der Waals surface area contributed by atoms with Gasteiger partial charge in [-0.25, -0.2) is 0 Å². The fourth-order valence-electron chi connectivity index (χ4n) is 2.89. The number of carbonyl (C=O) groups is 1. The molecule has 1 heterocycles. The van der Waals surface area contributed by atoms with Gasteiger partial charge in [0.2, 0.25) is 5.91 Å². The van der Waals surface area contributed by atoms with Crippen molar-refractivity contribution >= 4 is 23.4 Å². The minimum Gasteiger partial charge on any atom is -0.496 e. The number of nitrogens with one attached hydrogen (secondary N) is 1. The highest BCUT2D eigenvalue weighted by atomic mass is 32.2. The molecule has 7 heteroatoms. The van der Waals surface area contributed by atoms with Gasteiger partial charge in [0.05, 0.1) is 18.4 Å². The smallest absolute Gasteiger partial charge is 0.234 e. The molecule has 0 saturated carbocycles. The van der Waals surface area contributed by atoms with Crippen molar-refractivity contribution in [2.75, 3.05) is 18.2 Å². The van der Waals surface area contributed by atoms with Gasteiger partial charge in [-0.1, -0.05) is 56.8 Å². The number of nitrogens with zero attached hydrogens (tertiary/aromatic N) is 3. The summed E-state index contributed by atoms with van der Waals surface area (Å²) in [7, 11) is 3.51. The number of anilines is 1. The topological polar surface area (TPSA) is 69.0 Å². The first kappa shape index (κ1) is 20.9. The third kappa shape index (κ3) is 4.98. The van der Waals surface area contributed by atoms with E-state index in [9.17, 15) is 4.79 Å². The molecule has 0 unspecified atom stereocenters. The van der Waals surface area contributed by atoms with E-state index in [1.807, 2.05) is 60.1 Å². The molecule has 0 spiro atoms. The predicted molar refractivity (Wildman–Crippen MR) is 117 cm³/mol. The largest absolute Gasteiger partial charge is 0.496 e. The first-order valence-electron chi connectivity index (χ1n) is 9.35. The number of para-hydroxylation sites is 1. The maximum Gasteiger partial charge on any atom is 0.234 e. The van der Waals surface area contributed by atoms with Crippen LogP contribution in [0.15, 0.2) is 53.7 Å². The second kappa shape index (κ2) is 8.69. The third-order valence-corrected chi connectivity index (χ3v) is 5.57. The number of carbonyl (C=O) groups excluding carboxylic acids is 1. The van der Waals surface area contributed by atoms with Crippen LogP contribution in [0, 0.1) is 0 Å². The van der Waals surface area contributed by atoms with E-state index in [0.717, 1.165) is 17.0 Å². The SMILES string of the molecule is COc1ccccc1-c1nnc(SCC(=O)Nc2ccc(C(C)(C)C)cc2)n1C. The number of methoxy groups -OCH3 is 1. The lowest BCUT2D eigenvalue weighted by molar-refractivity contribution is -0.113. The zero-order chi connectivity index (χ0) is 21.0. The zero-order valence-corrected chi connectivity index (χ0v) is 18.2. The molecule has 0 aliphatic carbocycles. The van der Waals surface area contributed by atoms with Gasteiger partial charge in [0.1, 0.15) is 5.75 Å². The molecule has 0 radical (unpaired) electrons. The van der Waals surface area contributed by atoms with Crippen LogP contribution in [0.4, 0.5) is 5.69 Å². The number of amides is 1. The van der Waals surface area contributed by atoms with E-state index in [1.54, 1.807) is 7.11 Å². The molecule has 0 atom stereocenters. The van der Waals surface area contributed by atoms with Crippen LogP contribution in [-0.4, -0.2) is 33.5 Å². The molecule has 3 rings (SSSR count). The molecular weight excluding hydrogens is 384 g/mol. The summed E-state index contributed by atoms with van der Waals surface area (Å²) >= 11 is 1.35. The average Bonchev–Trinajstić information content (AvgIpc) is 3.06. The lowest BCUT2D eigenvalue weighted by Crippen LogP contribution is -2.15. The molecule has 0 bridgehead atoms. The molecule has 2 aromatic carbocycles. The van der Waals surface area contributed by atoms with E-state index >= 15 is 0 Å². The Hall–Kier alpha value is -2.80. The minimum atomic E-state index is -0.0830. The van der Waals surface area contributed by atoms with Crippen molar-refractivity contribution in [2.45, 2.75) is 31.3 Å². The number of hydrogen-bond acceptors (Lipinski definition) is 5. The Morgan fingerprint density at radius 2 is 1.79 bits per heavy atom. The summed E-state index contributed by atoms with van der Waals surface area (Å²) in [5.74, 6) is 1.60. The number of thioether (sulfide) groups is 1. The monoisotopic (exact) mass is 410 g/mol. The molecule has 1 aromatic heterocycles. The van der Waals surface area contributed by atoms with Gasteiger partial charge in [0.15, 0.2) is 11.0 Å². The van der Waals surface area contributed by atoms with E-state index in [-0.39, 0.29) is 17.1 Å². The minimum absolute atomic E-state index is 0.0830. The van der Waals surface area contributed by atoms with Crippen LogP contribution in [0.5, 0.6) is 5.75 Å². The summed E-state index contributed by atoms with van der Waals surface area (Å²) in [6.45, 7) is 6.49. The summed E-state index contributed by atoms with van der Waals surface area (Å²) < 4.78 is 7.27. The molecule has 1 amide bonds. The molecule has 0 saturated heterocycles. The van der Waals surface area contributed by atoms with Crippen molar-refractivity contribution in [1.82, 2.24) is 14.8 Å². The van der Waals surface area contributed by atoms with Gasteiger partial charge in [-0.2, -0.15) is 0 Å². The van der Waals surface area contributed by atoms with Crippen LogP contribution in [0.2, 0.25) is 0 Å². The van der Waals surface area contributed by atoms with E-state index < -0.39 is 0 Å². The maximum atomic E-state index is 12.3. The highest BCUT2D eigenvalue weighted by Crippen LogP contribution is 2.30. The number of rotatable bonds is 6. The Morgan fingerprint density at radius 1 is 1.10 bits per heavy atom. The highest BCUT2D eigenvalue weighted by molar-refractivity contribution is 7.99. The van der Waals surface area contributed by atoms with Crippen LogP contribution in [-0.2, 0) is 17.3 Å². The lowest BCUT2D eigenvalue weighted by atomic mass is 9.87. The van der Waals surface area contributed by atoms with Gasteiger partial charge >= 0.3 is 0 Å². The Labute approximate surface area is 175 Å². The van der Waals surface area contributed by atoms with Gasteiger partial charge in [0.25, 0.3) is 0 Å². The second-order valence-corrected chi connectivity index (χ2v) is 8.67. The summed E-state index contributed by atoms with van der Waals surface area (Å²) in [4.78, 5) is 12.3. The Bertz CT molecular complexity index is 991. The predicted octanol–water partition coefficient (Wildman–Crippen LogP) is 4.52. The Kier molecular flexibility index (Phi) is 6.27. The van der Waals surface area contributed by atoms with Crippen molar-refractivity contribution in [3.8, 4) is 17.1 Å². The van der Waals surface area contributed by atoms with Crippen molar-refractivity contribution < 1.29 is 9.53 Å².